The molecular formula is C29H42N6O7. The molecule has 8 N–H and O–H groups in total. The maximum absolute atomic E-state index is 12.5. The van der Waals surface area contributed by atoms with Crippen molar-refractivity contribution in [2.75, 3.05) is 52.4 Å². The minimum atomic E-state index is -1.13. The number of carbonyl (C=O) groups excluding carboxylic acids is 2. The summed E-state index contributed by atoms with van der Waals surface area (Å²) in [6, 6.07) is 16.8. The number of nitrogens with two attached hydrogens (primary N) is 2. The molecule has 0 heterocycles. The number of carboxylic acid groups (broad SMARTS) is 2. The van der Waals surface area contributed by atoms with Gasteiger partial charge in [-0.1, -0.05) is 54.6 Å². The lowest BCUT2D eigenvalue weighted by atomic mass is 10.1. The highest BCUT2D eigenvalue weighted by molar-refractivity contribution is 5.80. The molecule has 0 unspecified atom stereocenters. The van der Waals surface area contributed by atoms with Gasteiger partial charge in [0.15, 0.2) is 0 Å². The van der Waals surface area contributed by atoms with Gasteiger partial charge in [0.1, 0.15) is 0 Å². The van der Waals surface area contributed by atoms with Crippen LogP contribution in [0.3, 0.4) is 0 Å². The van der Waals surface area contributed by atoms with Gasteiger partial charge in [-0.3, -0.25) is 33.8 Å². The average molecular weight is 587 g/mol. The Bertz CT molecular complexity index is 1100. The van der Waals surface area contributed by atoms with Gasteiger partial charge in [0.25, 0.3) is 5.91 Å². The zero-order valence-electron chi connectivity index (χ0n) is 23.7. The second kappa shape index (κ2) is 19.3. The minimum Gasteiger partial charge on any atom is -0.480 e. The van der Waals surface area contributed by atoms with E-state index in [0.717, 1.165) is 16.7 Å². The molecule has 0 radical (unpaired) electrons. The number of aryl methyl sites for hydroxylation is 1. The van der Waals surface area contributed by atoms with Gasteiger partial charge in [0.2, 0.25) is 5.91 Å². The summed E-state index contributed by atoms with van der Waals surface area (Å²) in [5, 5.41) is 20.8. The van der Waals surface area contributed by atoms with Crippen molar-refractivity contribution in [3.05, 3.63) is 71.3 Å². The predicted octanol–water partition coefficient (Wildman–Crippen LogP) is -0.415. The number of hydroxylamine groups is 1. The largest absolute Gasteiger partial charge is 0.480 e. The van der Waals surface area contributed by atoms with Crippen molar-refractivity contribution >= 4 is 23.8 Å². The number of carboxylic acids is 2. The number of amides is 2. The molecule has 1 atom stereocenters. The molecule has 0 saturated heterocycles. The monoisotopic (exact) mass is 586 g/mol. The Balaban J connectivity index is 1.68. The molecule has 2 aromatic rings. The van der Waals surface area contributed by atoms with E-state index in [1.54, 1.807) is 4.90 Å². The quantitative estimate of drug-likeness (QED) is 0.0820. The standard InChI is InChI=1S/C29H42N6O7/c30-13-14-34(15-16-35(20-27(37)38)21-28(39)40)19-26(36)32-18-24-8-6-23(7-9-24)12-17-42-33-29(41)25(31)11-10-22-4-2-1-3-5-22/h1-9,25H,10-21,30-31H2,(H,32,36)(H,33,41)(H,37,38)(H,39,40)/t25-/m1/s1. The molecule has 42 heavy (non-hydrogen) atoms. The van der Waals surface area contributed by atoms with Crippen LogP contribution in [0, 0.1) is 0 Å². The molecule has 0 spiro atoms. The Hall–Kier alpha value is -3.88. The molecule has 2 aromatic carbocycles. The number of aliphatic carboxylic acids is 2. The normalized spacial score (nSPS) is 11.8. The molecule has 0 aliphatic rings. The highest BCUT2D eigenvalue weighted by atomic mass is 16.6. The molecule has 230 valence electrons. The maximum atomic E-state index is 12.5. The van der Waals surface area contributed by atoms with Crippen LogP contribution in [-0.4, -0.2) is 102 Å². The maximum Gasteiger partial charge on any atom is 0.317 e. The summed E-state index contributed by atoms with van der Waals surface area (Å²) in [6.07, 6.45) is 1.79. The molecule has 0 bridgehead atoms. The molecule has 0 aliphatic heterocycles. The fourth-order valence-electron chi connectivity index (χ4n) is 4.08. The van der Waals surface area contributed by atoms with Gasteiger partial charge in [-0.15, -0.1) is 0 Å². The van der Waals surface area contributed by atoms with Crippen LogP contribution in [0.5, 0.6) is 0 Å². The Morgan fingerprint density at radius 2 is 1.38 bits per heavy atom. The number of carbonyl (C=O) groups is 4. The second-order valence-electron chi connectivity index (χ2n) is 9.85. The number of rotatable bonds is 21. The third-order valence-electron chi connectivity index (χ3n) is 6.36. The van der Waals surface area contributed by atoms with E-state index in [1.807, 2.05) is 54.6 Å². The summed E-state index contributed by atoms with van der Waals surface area (Å²) < 4.78 is 0. The molecular weight excluding hydrogens is 544 g/mol. The van der Waals surface area contributed by atoms with E-state index in [2.05, 4.69) is 10.8 Å². The second-order valence-corrected chi connectivity index (χ2v) is 9.85. The van der Waals surface area contributed by atoms with Gasteiger partial charge < -0.3 is 27.0 Å². The lowest BCUT2D eigenvalue weighted by Gasteiger charge is -2.25. The Morgan fingerprint density at radius 1 is 0.786 bits per heavy atom. The van der Waals surface area contributed by atoms with Crippen LogP contribution in [0.2, 0.25) is 0 Å². The van der Waals surface area contributed by atoms with Crippen molar-refractivity contribution < 1.29 is 34.2 Å². The number of nitrogens with zero attached hydrogens (tertiary/aromatic N) is 2. The van der Waals surface area contributed by atoms with Crippen molar-refractivity contribution in [3.63, 3.8) is 0 Å². The van der Waals surface area contributed by atoms with Crippen LogP contribution < -0.4 is 22.3 Å². The average Bonchev–Trinajstić information content (AvgIpc) is 2.96. The molecule has 0 aliphatic carbocycles. The van der Waals surface area contributed by atoms with Crippen LogP contribution >= 0.6 is 0 Å². The van der Waals surface area contributed by atoms with E-state index in [1.165, 1.54) is 4.90 Å². The van der Waals surface area contributed by atoms with Crippen LogP contribution in [0.15, 0.2) is 54.6 Å². The first-order valence-corrected chi connectivity index (χ1v) is 13.8. The Morgan fingerprint density at radius 3 is 2.00 bits per heavy atom. The van der Waals surface area contributed by atoms with Crippen LogP contribution in [0.1, 0.15) is 23.1 Å². The van der Waals surface area contributed by atoms with Crippen LogP contribution in [0.25, 0.3) is 0 Å². The van der Waals surface area contributed by atoms with E-state index in [4.69, 9.17) is 26.5 Å². The first-order chi connectivity index (χ1) is 20.2. The fraction of sp³-hybridized carbons (Fsp3) is 0.448. The van der Waals surface area contributed by atoms with E-state index in [9.17, 15) is 19.2 Å². The molecule has 0 fully saturated rings. The topological polar surface area (TPSA) is 201 Å². The first kappa shape index (κ1) is 34.3. The van der Waals surface area contributed by atoms with Gasteiger partial charge in [0, 0.05) is 32.7 Å². The summed E-state index contributed by atoms with van der Waals surface area (Å²) >= 11 is 0. The highest BCUT2D eigenvalue weighted by Gasteiger charge is 2.17. The van der Waals surface area contributed by atoms with E-state index < -0.39 is 31.1 Å². The molecule has 13 heteroatoms. The third kappa shape index (κ3) is 14.7. The summed E-state index contributed by atoms with van der Waals surface area (Å²) in [4.78, 5) is 55.0. The number of hydrogen-bond donors (Lipinski definition) is 6. The summed E-state index contributed by atoms with van der Waals surface area (Å²) in [5.41, 5.74) is 17.0. The zero-order valence-corrected chi connectivity index (χ0v) is 23.7. The van der Waals surface area contributed by atoms with Gasteiger partial charge in [0.05, 0.1) is 32.3 Å². The van der Waals surface area contributed by atoms with Crippen LogP contribution in [0.4, 0.5) is 0 Å². The smallest absolute Gasteiger partial charge is 0.317 e. The van der Waals surface area contributed by atoms with Crippen LogP contribution in [-0.2, 0) is 43.4 Å². The molecule has 13 nitrogen and oxygen atoms in total. The molecule has 0 saturated carbocycles. The number of nitrogens with one attached hydrogen (secondary N) is 2. The Labute approximate surface area is 245 Å². The van der Waals surface area contributed by atoms with E-state index in [-0.39, 0.29) is 31.5 Å². The van der Waals surface area contributed by atoms with Gasteiger partial charge >= 0.3 is 11.9 Å². The third-order valence-corrected chi connectivity index (χ3v) is 6.36. The summed E-state index contributed by atoms with van der Waals surface area (Å²) in [6.45, 7) is 0.975. The van der Waals surface area contributed by atoms with Crippen molar-refractivity contribution in [2.45, 2.75) is 31.8 Å². The van der Waals surface area contributed by atoms with Crippen molar-refractivity contribution in [1.29, 1.82) is 0 Å². The fourth-order valence-corrected chi connectivity index (χ4v) is 4.08. The van der Waals surface area contributed by atoms with Gasteiger partial charge in [-0.2, -0.15) is 0 Å². The Kier molecular flexibility index (Phi) is 15.8. The molecule has 2 rings (SSSR count). The molecule has 0 aromatic heterocycles. The lowest BCUT2D eigenvalue weighted by Crippen LogP contribution is -2.45. The lowest BCUT2D eigenvalue weighted by molar-refractivity contribution is -0.142. The van der Waals surface area contributed by atoms with Gasteiger partial charge in [-0.25, -0.2) is 5.48 Å². The number of benzene rings is 2. The number of hydrogen-bond acceptors (Lipinski definition) is 9. The zero-order chi connectivity index (χ0) is 30.7. The van der Waals surface area contributed by atoms with Crippen molar-refractivity contribution in [3.8, 4) is 0 Å². The highest BCUT2D eigenvalue weighted by Crippen LogP contribution is 2.06. The van der Waals surface area contributed by atoms with Gasteiger partial charge in [-0.05, 0) is 36.0 Å². The predicted molar refractivity (Wildman–Crippen MR) is 156 cm³/mol. The van der Waals surface area contributed by atoms with E-state index >= 15 is 0 Å². The SMILES string of the molecule is NCCN(CCN(CC(=O)O)CC(=O)O)CC(=O)NCc1ccc(CCONC(=O)[C@H](N)CCc2ccccc2)cc1. The first-order valence-electron chi connectivity index (χ1n) is 13.8. The minimum absolute atomic E-state index is 0.0439. The summed E-state index contributed by atoms with van der Waals surface area (Å²) in [7, 11) is 0. The van der Waals surface area contributed by atoms with Crippen molar-refractivity contribution in [2.24, 2.45) is 11.5 Å². The van der Waals surface area contributed by atoms with Crippen molar-refractivity contribution in [1.82, 2.24) is 20.6 Å². The summed E-state index contributed by atoms with van der Waals surface area (Å²) in [5.74, 6) is -2.85. The molecule has 2 amide bonds. The van der Waals surface area contributed by atoms with E-state index in [0.29, 0.717) is 45.4 Å².